The SMILES string of the molecule is CSCC[C@H](N)C(=O)NC(C)c1nn[nH]n1. The van der Waals surface area contributed by atoms with Crippen LogP contribution in [0.25, 0.3) is 0 Å². The Bertz CT molecular complexity index is 316. The van der Waals surface area contributed by atoms with Gasteiger partial charge in [0, 0.05) is 0 Å². The second-order valence-corrected chi connectivity index (χ2v) is 4.37. The summed E-state index contributed by atoms with van der Waals surface area (Å²) in [6.45, 7) is 1.78. The van der Waals surface area contributed by atoms with Crippen LogP contribution in [0.2, 0.25) is 0 Å². The minimum Gasteiger partial charge on any atom is -0.345 e. The van der Waals surface area contributed by atoms with Crippen molar-refractivity contribution in [2.45, 2.75) is 25.4 Å². The summed E-state index contributed by atoms with van der Waals surface area (Å²) in [6.07, 6.45) is 2.64. The first-order valence-corrected chi connectivity index (χ1v) is 6.32. The molecule has 1 heterocycles. The summed E-state index contributed by atoms with van der Waals surface area (Å²) in [5.41, 5.74) is 5.72. The molecule has 0 fully saturated rings. The summed E-state index contributed by atoms with van der Waals surface area (Å²) < 4.78 is 0. The maximum Gasteiger partial charge on any atom is 0.237 e. The van der Waals surface area contributed by atoms with Crippen LogP contribution in [0.1, 0.15) is 25.2 Å². The van der Waals surface area contributed by atoms with Gasteiger partial charge in [0.25, 0.3) is 0 Å². The first kappa shape index (κ1) is 12.9. The average Bonchev–Trinajstić information content (AvgIpc) is 2.79. The van der Waals surface area contributed by atoms with Gasteiger partial charge in [-0.3, -0.25) is 4.79 Å². The molecule has 0 spiro atoms. The Morgan fingerprint density at radius 2 is 2.44 bits per heavy atom. The van der Waals surface area contributed by atoms with Gasteiger partial charge in [-0.15, -0.1) is 10.2 Å². The standard InChI is InChI=1S/C8H16N6OS/c1-5(7-11-13-14-12-7)10-8(15)6(9)3-4-16-2/h5-6H,3-4,9H2,1-2H3,(H,10,15)(H,11,12,13,14)/t5?,6-/m0/s1. The molecule has 2 atom stereocenters. The number of aromatic nitrogens is 4. The summed E-state index contributed by atoms with van der Waals surface area (Å²) in [5, 5.41) is 16.1. The van der Waals surface area contributed by atoms with Gasteiger partial charge in [0.2, 0.25) is 5.91 Å². The maximum absolute atomic E-state index is 11.6. The third-order valence-electron chi connectivity index (χ3n) is 2.08. The number of nitrogens with zero attached hydrogens (tertiary/aromatic N) is 3. The minimum atomic E-state index is -0.484. The molecule has 0 bridgehead atoms. The molecule has 0 saturated heterocycles. The van der Waals surface area contributed by atoms with Crippen LogP contribution >= 0.6 is 11.8 Å². The lowest BCUT2D eigenvalue weighted by atomic mass is 10.2. The smallest absolute Gasteiger partial charge is 0.237 e. The lowest BCUT2D eigenvalue weighted by Crippen LogP contribution is -2.42. The van der Waals surface area contributed by atoms with E-state index in [4.69, 9.17) is 5.73 Å². The van der Waals surface area contributed by atoms with Crippen molar-refractivity contribution in [2.24, 2.45) is 5.73 Å². The number of hydrogen-bond donors (Lipinski definition) is 3. The molecule has 1 unspecified atom stereocenters. The van der Waals surface area contributed by atoms with Gasteiger partial charge in [-0.05, 0) is 25.4 Å². The molecule has 0 aliphatic heterocycles. The molecule has 8 heteroatoms. The highest BCUT2D eigenvalue weighted by atomic mass is 32.2. The number of thioether (sulfide) groups is 1. The van der Waals surface area contributed by atoms with Gasteiger partial charge in [0.1, 0.15) is 0 Å². The number of rotatable bonds is 6. The molecule has 1 aromatic rings. The van der Waals surface area contributed by atoms with Gasteiger partial charge in [0.05, 0.1) is 12.1 Å². The fraction of sp³-hybridized carbons (Fsp3) is 0.750. The van der Waals surface area contributed by atoms with Gasteiger partial charge < -0.3 is 11.1 Å². The first-order chi connectivity index (χ1) is 7.65. The largest absolute Gasteiger partial charge is 0.345 e. The van der Waals surface area contributed by atoms with E-state index in [1.807, 2.05) is 6.26 Å². The van der Waals surface area contributed by atoms with E-state index >= 15 is 0 Å². The third kappa shape index (κ3) is 3.78. The molecule has 0 radical (unpaired) electrons. The molecule has 0 aromatic carbocycles. The molecular weight excluding hydrogens is 228 g/mol. The van der Waals surface area contributed by atoms with Crippen molar-refractivity contribution in [2.75, 3.05) is 12.0 Å². The Labute approximate surface area is 97.9 Å². The van der Waals surface area contributed by atoms with Crippen LogP contribution in [0.3, 0.4) is 0 Å². The molecular formula is C8H16N6OS. The van der Waals surface area contributed by atoms with Gasteiger partial charge in [-0.1, -0.05) is 5.21 Å². The van der Waals surface area contributed by atoms with Crippen molar-refractivity contribution < 1.29 is 4.79 Å². The number of tetrazole rings is 1. The zero-order valence-electron chi connectivity index (χ0n) is 9.30. The van der Waals surface area contributed by atoms with Gasteiger partial charge in [-0.25, -0.2) is 0 Å². The van der Waals surface area contributed by atoms with Crippen LogP contribution < -0.4 is 11.1 Å². The second kappa shape index (κ2) is 6.44. The van der Waals surface area contributed by atoms with Crippen LogP contribution in [-0.2, 0) is 4.79 Å². The zero-order valence-corrected chi connectivity index (χ0v) is 10.1. The van der Waals surface area contributed by atoms with E-state index < -0.39 is 6.04 Å². The molecule has 0 saturated carbocycles. The fourth-order valence-corrected chi connectivity index (χ4v) is 1.60. The number of nitrogens with two attached hydrogens (primary N) is 1. The molecule has 1 aromatic heterocycles. The number of amides is 1. The Morgan fingerprint density at radius 3 is 3.00 bits per heavy atom. The van der Waals surface area contributed by atoms with E-state index in [9.17, 15) is 4.79 Å². The first-order valence-electron chi connectivity index (χ1n) is 4.93. The van der Waals surface area contributed by atoms with E-state index in [0.717, 1.165) is 5.75 Å². The van der Waals surface area contributed by atoms with E-state index in [-0.39, 0.29) is 11.9 Å². The zero-order chi connectivity index (χ0) is 12.0. The molecule has 7 nitrogen and oxygen atoms in total. The molecule has 1 amide bonds. The van der Waals surface area contributed by atoms with Gasteiger partial charge in [-0.2, -0.15) is 17.0 Å². The Balaban J connectivity index is 2.39. The Kier molecular flexibility index (Phi) is 5.20. The lowest BCUT2D eigenvalue weighted by molar-refractivity contribution is -0.123. The van der Waals surface area contributed by atoms with Crippen molar-refractivity contribution in [3.8, 4) is 0 Å². The number of carbonyl (C=O) groups is 1. The van der Waals surface area contributed by atoms with Gasteiger partial charge >= 0.3 is 0 Å². The van der Waals surface area contributed by atoms with Gasteiger partial charge in [0.15, 0.2) is 5.82 Å². The molecule has 0 aliphatic rings. The van der Waals surface area contributed by atoms with Crippen LogP contribution in [0.5, 0.6) is 0 Å². The number of H-pyrrole nitrogens is 1. The summed E-state index contributed by atoms with van der Waals surface area (Å²) in [6, 6.07) is -0.770. The van der Waals surface area contributed by atoms with Crippen molar-refractivity contribution in [3.05, 3.63) is 5.82 Å². The Morgan fingerprint density at radius 1 is 1.69 bits per heavy atom. The third-order valence-corrected chi connectivity index (χ3v) is 2.72. The van der Waals surface area contributed by atoms with E-state index in [0.29, 0.717) is 12.2 Å². The van der Waals surface area contributed by atoms with Crippen molar-refractivity contribution >= 4 is 17.7 Å². The normalized spacial score (nSPS) is 14.4. The van der Waals surface area contributed by atoms with Crippen LogP contribution in [0, 0.1) is 0 Å². The molecule has 4 N–H and O–H groups in total. The predicted octanol–water partition coefficient (Wildman–Crippen LogP) is -0.543. The van der Waals surface area contributed by atoms with Crippen LogP contribution in [0.15, 0.2) is 0 Å². The van der Waals surface area contributed by atoms with Crippen LogP contribution in [0.4, 0.5) is 0 Å². The van der Waals surface area contributed by atoms with Crippen molar-refractivity contribution in [1.82, 2.24) is 25.9 Å². The molecule has 1 rings (SSSR count). The average molecular weight is 244 g/mol. The Hall–Kier alpha value is -1.15. The number of carbonyl (C=O) groups excluding carboxylic acids is 1. The van der Waals surface area contributed by atoms with E-state index in [2.05, 4.69) is 25.9 Å². The van der Waals surface area contributed by atoms with Crippen LogP contribution in [-0.4, -0.2) is 44.6 Å². The molecule has 90 valence electrons. The lowest BCUT2D eigenvalue weighted by Gasteiger charge is -2.14. The molecule has 0 aliphatic carbocycles. The second-order valence-electron chi connectivity index (χ2n) is 3.39. The highest BCUT2D eigenvalue weighted by molar-refractivity contribution is 7.98. The monoisotopic (exact) mass is 244 g/mol. The highest BCUT2D eigenvalue weighted by Gasteiger charge is 2.18. The summed E-state index contributed by atoms with van der Waals surface area (Å²) >= 11 is 1.66. The quantitative estimate of drug-likeness (QED) is 0.620. The predicted molar refractivity (Wildman–Crippen MR) is 61.7 cm³/mol. The number of nitrogens with one attached hydrogen (secondary N) is 2. The number of hydrogen-bond acceptors (Lipinski definition) is 6. The van der Waals surface area contributed by atoms with E-state index in [1.165, 1.54) is 0 Å². The highest BCUT2D eigenvalue weighted by Crippen LogP contribution is 2.05. The topological polar surface area (TPSA) is 110 Å². The summed E-state index contributed by atoms with van der Waals surface area (Å²) in [5.74, 6) is 1.13. The maximum atomic E-state index is 11.6. The van der Waals surface area contributed by atoms with Crippen molar-refractivity contribution in [3.63, 3.8) is 0 Å². The fourth-order valence-electron chi connectivity index (χ4n) is 1.11. The molecule has 16 heavy (non-hydrogen) atoms. The minimum absolute atomic E-state index is 0.189. The van der Waals surface area contributed by atoms with E-state index in [1.54, 1.807) is 18.7 Å². The summed E-state index contributed by atoms with van der Waals surface area (Å²) in [7, 11) is 0. The number of aromatic amines is 1. The van der Waals surface area contributed by atoms with Crippen molar-refractivity contribution in [1.29, 1.82) is 0 Å². The summed E-state index contributed by atoms with van der Waals surface area (Å²) in [4.78, 5) is 11.6.